The van der Waals surface area contributed by atoms with Crippen LogP contribution in [0.25, 0.3) is 10.8 Å². The summed E-state index contributed by atoms with van der Waals surface area (Å²) in [4.78, 5) is 4.17. The smallest absolute Gasteiger partial charge is 0.123 e. The van der Waals surface area contributed by atoms with Crippen molar-refractivity contribution in [3.05, 3.63) is 39.5 Å². The van der Waals surface area contributed by atoms with Crippen molar-refractivity contribution in [1.29, 1.82) is 0 Å². The number of pyridine rings is 1. The highest BCUT2D eigenvalue weighted by Gasteiger charge is 2.02. The van der Waals surface area contributed by atoms with Crippen LogP contribution >= 0.6 is 22.6 Å². The fourth-order valence-electron chi connectivity index (χ4n) is 1.26. The summed E-state index contributed by atoms with van der Waals surface area (Å²) in [5, 5.41) is 1.92. The number of fused-ring (bicyclic) bond motifs is 1. The minimum Gasteiger partial charge on any atom is -0.260 e. The first-order chi connectivity index (χ1) is 6.18. The Morgan fingerprint density at radius 2 is 2.15 bits per heavy atom. The number of aromatic nitrogens is 1. The maximum atomic E-state index is 12.8. The van der Waals surface area contributed by atoms with Crippen molar-refractivity contribution in [2.75, 3.05) is 0 Å². The van der Waals surface area contributed by atoms with Crippen LogP contribution in [0.5, 0.6) is 0 Å². The first-order valence-corrected chi connectivity index (χ1v) is 4.97. The molecule has 1 nitrogen and oxygen atoms in total. The van der Waals surface area contributed by atoms with Crippen molar-refractivity contribution in [2.45, 2.75) is 6.92 Å². The molecule has 1 heterocycles. The third-order valence-electron chi connectivity index (χ3n) is 1.97. The number of benzene rings is 1. The van der Waals surface area contributed by atoms with E-state index in [0.29, 0.717) is 0 Å². The summed E-state index contributed by atoms with van der Waals surface area (Å²) in [7, 11) is 0. The molecule has 3 heteroatoms. The maximum absolute atomic E-state index is 12.8. The van der Waals surface area contributed by atoms with Gasteiger partial charge in [-0.2, -0.15) is 0 Å². The Labute approximate surface area is 89.1 Å². The van der Waals surface area contributed by atoms with Crippen molar-refractivity contribution >= 4 is 33.4 Å². The molecule has 0 aliphatic rings. The highest BCUT2D eigenvalue weighted by molar-refractivity contribution is 14.1. The van der Waals surface area contributed by atoms with Gasteiger partial charge in [0.05, 0.1) is 5.69 Å². The quantitative estimate of drug-likeness (QED) is 0.678. The van der Waals surface area contributed by atoms with E-state index >= 15 is 0 Å². The Bertz CT molecular complexity index is 468. The number of nitrogens with zero attached hydrogens (tertiary/aromatic N) is 1. The van der Waals surface area contributed by atoms with Crippen LogP contribution in [0.3, 0.4) is 0 Å². The molecule has 0 spiro atoms. The van der Waals surface area contributed by atoms with E-state index in [4.69, 9.17) is 0 Å². The van der Waals surface area contributed by atoms with Crippen molar-refractivity contribution in [3.63, 3.8) is 0 Å². The van der Waals surface area contributed by atoms with E-state index in [9.17, 15) is 4.39 Å². The first-order valence-electron chi connectivity index (χ1n) is 3.89. The number of halogens is 2. The molecule has 2 aromatic rings. The summed E-state index contributed by atoms with van der Waals surface area (Å²) < 4.78 is 13.9. The molecular formula is C10H7FIN. The van der Waals surface area contributed by atoms with Crippen LogP contribution in [0, 0.1) is 16.3 Å². The molecule has 0 atom stereocenters. The van der Waals surface area contributed by atoms with Crippen LogP contribution in [0.1, 0.15) is 5.69 Å². The standard InChI is InChI=1S/C10H7FIN/c1-6-10(12)9-3-2-8(11)4-7(9)5-13-6/h2-5H,1H3. The van der Waals surface area contributed by atoms with Crippen molar-refractivity contribution in [2.24, 2.45) is 0 Å². The monoisotopic (exact) mass is 287 g/mol. The van der Waals surface area contributed by atoms with E-state index in [1.165, 1.54) is 12.1 Å². The maximum Gasteiger partial charge on any atom is 0.123 e. The average molecular weight is 287 g/mol. The van der Waals surface area contributed by atoms with E-state index in [2.05, 4.69) is 27.6 Å². The molecule has 0 fully saturated rings. The summed E-state index contributed by atoms with van der Waals surface area (Å²) in [6, 6.07) is 4.77. The third-order valence-corrected chi connectivity index (χ3v) is 3.33. The Kier molecular flexibility index (Phi) is 2.19. The molecule has 0 bridgehead atoms. The summed E-state index contributed by atoms with van der Waals surface area (Å²) >= 11 is 2.23. The molecule has 0 radical (unpaired) electrons. The molecule has 0 amide bonds. The second-order valence-electron chi connectivity index (χ2n) is 2.89. The van der Waals surface area contributed by atoms with E-state index in [-0.39, 0.29) is 5.82 Å². The van der Waals surface area contributed by atoms with E-state index in [1.807, 2.05) is 6.92 Å². The van der Waals surface area contributed by atoms with Gasteiger partial charge in [-0.15, -0.1) is 0 Å². The van der Waals surface area contributed by atoms with Crippen LogP contribution in [-0.2, 0) is 0 Å². The van der Waals surface area contributed by atoms with Crippen LogP contribution in [0.4, 0.5) is 4.39 Å². The van der Waals surface area contributed by atoms with Crippen LogP contribution in [-0.4, -0.2) is 4.98 Å². The van der Waals surface area contributed by atoms with E-state index < -0.39 is 0 Å². The van der Waals surface area contributed by atoms with Gasteiger partial charge in [0, 0.05) is 15.2 Å². The second kappa shape index (κ2) is 3.21. The van der Waals surface area contributed by atoms with Gasteiger partial charge in [-0.3, -0.25) is 4.98 Å². The van der Waals surface area contributed by atoms with Gasteiger partial charge in [0.15, 0.2) is 0 Å². The summed E-state index contributed by atoms with van der Waals surface area (Å²) in [6.45, 7) is 1.95. The normalized spacial score (nSPS) is 10.7. The molecule has 1 aromatic heterocycles. The zero-order chi connectivity index (χ0) is 9.42. The fraction of sp³-hybridized carbons (Fsp3) is 0.100. The Morgan fingerprint density at radius 3 is 2.92 bits per heavy atom. The summed E-state index contributed by atoms with van der Waals surface area (Å²) in [5.41, 5.74) is 0.986. The highest BCUT2D eigenvalue weighted by atomic mass is 127. The zero-order valence-corrected chi connectivity index (χ0v) is 9.17. The predicted octanol–water partition coefficient (Wildman–Crippen LogP) is 3.29. The second-order valence-corrected chi connectivity index (χ2v) is 3.97. The minimum atomic E-state index is -0.214. The lowest BCUT2D eigenvalue weighted by Gasteiger charge is -2.02. The largest absolute Gasteiger partial charge is 0.260 e. The van der Waals surface area contributed by atoms with E-state index in [1.54, 1.807) is 12.3 Å². The van der Waals surface area contributed by atoms with Crippen molar-refractivity contribution in [1.82, 2.24) is 4.98 Å². The van der Waals surface area contributed by atoms with Crippen LogP contribution in [0.15, 0.2) is 24.4 Å². The van der Waals surface area contributed by atoms with Gasteiger partial charge in [0.2, 0.25) is 0 Å². The van der Waals surface area contributed by atoms with Gasteiger partial charge in [0.25, 0.3) is 0 Å². The first kappa shape index (κ1) is 8.87. The van der Waals surface area contributed by atoms with Gasteiger partial charge in [0.1, 0.15) is 5.82 Å². The molecular weight excluding hydrogens is 280 g/mol. The molecule has 0 saturated carbocycles. The van der Waals surface area contributed by atoms with Gasteiger partial charge < -0.3 is 0 Å². The average Bonchev–Trinajstić information content (AvgIpc) is 2.12. The Hall–Kier alpha value is -0.710. The number of hydrogen-bond donors (Lipinski definition) is 0. The predicted molar refractivity (Wildman–Crippen MR) is 59.2 cm³/mol. The lowest BCUT2D eigenvalue weighted by atomic mass is 10.1. The molecule has 1 aromatic carbocycles. The highest BCUT2D eigenvalue weighted by Crippen LogP contribution is 2.22. The van der Waals surface area contributed by atoms with E-state index in [0.717, 1.165) is 20.0 Å². The Balaban J connectivity index is 2.87. The topological polar surface area (TPSA) is 12.9 Å². The fourth-order valence-corrected chi connectivity index (χ4v) is 1.89. The van der Waals surface area contributed by atoms with Crippen LogP contribution in [0.2, 0.25) is 0 Å². The van der Waals surface area contributed by atoms with Gasteiger partial charge in [-0.05, 0) is 47.0 Å². The Morgan fingerprint density at radius 1 is 1.38 bits per heavy atom. The molecule has 66 valence electrons. The van der Waals surface area contributed by atoms with Crippen molar-refractivity contribution in [3.8, 4) is 0 Å². The van der Waals surface area contributed by atoms with Gasteiger partial charge in [-0.1, -0.05) is 6.07 Å². The number of hydrogen-bond acceptors (Lipinski definition) is 1. The summed E-state index contributed by atoms with van der Waals surface area (Å²) in [5.74, 6) is -0.214. The van der Waals surface area contributed by atoms with Crippen molar-refractivity contribution < 1.29 is 4.39 Å². The molecule has 0 N–H and O–H groups in total. The van der Waals surface area contributed by atoms with Crippen LogP contribution < -0.4 is 0 Å². The lowest BCUT2D eigenvalue weighted by Crippen LogP contribution is -1.88. The molecule has 13 heavy (non-hydrogen) atoms. The van der Waals surface area contributed by atoms with Gasteiger partial charge in [-0.25, -0.2) is 4.39 Å². The molecule has 0 aliphatic carbocycles. The molecule has 2 rings (SSSR count). The van der Waals surface area contributed by atoms with Gasteiger partial charge >= 0.3 is 0 Å². The molecule has 0 unspecified atom stereocenters. The number of rotatable bonds is 0. The summed E-state index contributed by atoms with van der Waals surface area (Å²) in [6.07, 6.45) is 1.70. The lowest BCUT2D eigenvalue weighted by molar-refractivity contribution is 0.629. The zero-order valence-electron chi connectivity index (χ0n) is 7.01. The third kappa shape index (κ3) is 1.52. The SMILES string of the molecule is Cc1ncc2cc(F)ccc2c1I. The number of aryl methyl sites for hydroxylation is 1. The minimum absolute atomic E-state index is 0.214. The molecule has 0 saturated heterocycles. The molecule has 0 aliphatic heterocycles.